The molecule has 1 aromatic rings. The van der Waals surface area contributed by atoms with Crippen molar-refractivity contribution in [3.05, 3.63) is 24.0 Å². The van der Waals surface area contributed by atoms with Gasteiger partial charge in [-0.1, -0.05) is 20.3 Å². The Bertz CT molecular complexity index is 406. The van der Waals surface area contributed by atoms with Crippen LogP contribution in [0.25, 0.3) is 0 Å². The van der Waals surface area contributed by atoms with E-state index in [1.165, 1.54) is 19.3 Å². The molecule has 2 unspecified atom stereocenters. The summed E-state index contributed by atoms with van der Waals surface area (Å²) in [4.78, 5) is 4.22. The molecule has 0 bridgehead atoms. The van der Waals surface area contributed by atoms with E-state index in [1.807, 2.05) is 12.3 Å². The zero-order chi connectivity index (χ0) is 13.2. The van der Waals surface area contributed by atoms with Crippen LogP contribution in [0.5, 0.6) is 5.75 Å². The second kappa shape index (κ2) is 5.24. The number of methoxy groups -OCH3 is 1. The average molecular weight is 249 g/mol. The lowest BCUT2D eigenvalue weighted by atomic mass is 9.76. The van der Waals surface area contributed by atoms with Crippen molar-refractivity contribution >= 4 is 0 Å². The molecular weight excluding hydrogens is 226 g/mol. The van der Waals surface area contributed by atoms with Crippen LogP contribution in [-0.4, -0.2) is 12.1 Å². The molecular formula is C14H23N3O. The smallest absolute Gasteiger partial charge is 0.137 e. The van der Waals surface area contributed by atoms with Crippen molar-refractivity contribution in [2.45, 2.75) is 39.2 Å². The highest BCUT2D eigenvalue weighted by atomic mass is 16.5. The zero-order valence-electron chi connectivity index (χ0n) is 11.4. The zero-order valence-corrected chi connectivity index (χ0v) is 11.4. The van der Waals surface area contributed by atoms with E-state index in [0.717, 1.165) is 11.3 Å². The highest BCUT2D eigenvalue weighted by molar-refractivity contribution is 5.27. The summed E-state index contributed by atoms with van der Waals surface area (Å²) in [7, 11) is 1.66. The van der Waals surface area contributed by atoms with Crippen LogP contribution < -0.4 is 16.0 Å². The molecule has 0 aliphatic heterocycles. The van der Waals surface area contributed by atoms with Crippen LogP contribution in [0.3, 0.4) is 0 Å². The van der Waals surface area contributed by atoms with Crippen LogP contribution in [0.2, 0.25) is 0 Å². The molecule has 1 fully saturated rings. The number of pyridine rings is 1. The first-order chi connectivity index (χ1) is 8.58. The first-order valence-electron chi connectivity index (χ1n) is 6.53. The van der Waals surface area contributed by atoms with Gasteiger partial charge in [-0.3, -0.25) is 16.3 Å². The normalized spacial score (nSPS) is 23.9. The second-order valence-electron chi connectivity index (χ2n) is 5.79. The first-order valence-corrected chi connectivity index (χ1v) is 6.53. The molecule has 1 saturated carbocycles. The van der Waals surface area contributed by atoms with Gasteiger partial charge in [-0.15, -0.1) is 0 Å². The number of hydrazine groups is 1. The lowest BCUT2D eigenvalue weighted by Gasteiger charge is -2.34. The van der Waals surface area contributed by atoms with E-state index in [4.69, 9.17) is 10.6 Å². The molecule has 1 aromatic heterocycles. The third-order valence-corrected chi connectivity index (χ3v) is 4.25. The Balaban J connectivity index is 2.27. The minimum absolute atomic E-state index is 0.144. The molecule has 0 amide bonds. The summed E-state index contributed by atoms with van der Waals surface area (Å²) in [6.07, 6.45) is 7.33. The van der Waals surface area contributed by atoms with Crippen LogP contribution in [0.15, 0.2) is 18.5 Å². The van der Waals surface area contributed by atoms with Gasteiger partial charge in [-0.25, -0.2) is 0 Å². The summed E-state index contributed by atoms with van der Waals surface area (Å²) < 4.78 is 5.23. The molecule has 2 rings (SSSR count). The van der Waals surface area contributed by atoms with Crippen molar-refractivity contribution < 1.29 is 4.74 Å². The van der Waals surface area contributed by atoms with Gasteiger partial charge in [0.05, 0.1) is 19.3 Å². The molecule has 18 heavy (non-hydrogen) atoms. The number of nitrogens with one attached hydrogen (secondary N) is 1. The van der Waals surface area contributed by atoms with Gasteiger partial charge in [0.1, 0.15) is 5.75 Å². The predicted octanol–water partition coefficient (Wildman–Crippen LogP) is 2.42. The van der Waals surface area contributed by atoms with Gasteiger partial charge in [0, 0.05) is 6.20 Å². The molecule has 4 heteroatoms. The summed E-state index contributed by atoms with van der Waals surface area (Å²) in [5, 5.41) is 0. The van der Waals surface area contributed by atoms with Crippen molar-refractivity contribution in [2.75, 3.05) is 7.11 Å². The molecule has 0 aromatic carbocycles. The van der Waals surface area contributed by atoms with Gasteiger partial charge in [0.15, 0.2) is 0 Å². The molecule has 2 atom stereocenters. The summed E-state index contributed by atoms with van der Waals surface area (Å²) in [5.41, 5.74) is 4.40. The van der Waals surface area contributed by atoms with Gasteiger partial charge in [0.25, 0.3) is 0 Å². The maximum atomic E-state index is 5.78. The maximum Gasteiger partial charge on any atom is 0.137 e. The van der Waals surface area contributed by atoms with Crippen molar-refractivity contribution in [3.8, 4) is 5.75 Å². The van der Waals surface area contributed by atoms with Crippen molar-refractivity contribution in [2.24, 2.45) is 17.2 Å². The number of hydrogen-bond donors (Lipinski definition) is 2. The Morgan fingerprint density at radius 1 is 1.50 bits per heavy atom. The van der Waals surface area contributed by atoms with E-state index in [9.17, 15) is 0 Å². The molecule has 1 aliphatic carbocycles. The monoisotopic (exact) mass is 249 g/mol. The van der Waals surface area contributed by atoms with E-state index in [2.05, 4.69) is 24.3 Å². The number of nitrogens with zero attached hydrogens (tertiary/aromatic N) is 1. The summed E-state index contributed by atoms with van der Waals surface area (Å²) in [5.74, 6) is 7.10. The molecule has 4 nitrogen and oxygen atoms in total. The minimum atomic E-state index is 0.144. The van der Waals surface area contributed by atoms with Crippen LogP contribution in [0, 0.1) is 11.3 Å². The fourth-order valence-corrected chi connectivity index (χ4v) is 3.13. The molecule has 1 aliphatic rings. The Morgan fingerprint density at radius 3 is 2.83 bits per heavy atom. The van der Waals surface area contributed by atoms with E-state index in [-0.39, 0.29) is 6.04 Å². The van der Waals surface area contributed by atoms with Crippen LogP contribution in [0.1, 0.15) is 44.7 Å². The molecule has 100 valence electrons. The predicted molar refractivity (Wildman–Crippen MR) is 72.0 cm³/mol. The SMILES string of the molecule is COc1cncc(C(NN)C2CCCC2(C)C)c1. The highest BCUT2D eigenvalue weighted by Crippen LogP contribution is 2.48. The van der Waals surface area contributed by atoms with Gasteiger partial charge in [0.2, 0.25) is 0 Å². The van der Waals surface area contributed by atoms with Crippen LogP contribution in [0.4, 0.5) is 0 Å². The van der Waals surface area contributed by atoms with E-state index in [0.29, 0.717) is 11.3 Å². The molecule has 0 radical (unpaired) electrons. The van der Waals surface area contributed by atoms with Crippen molar-refractivity contribution in [1.82, 2.24) is 10.4 Å². The first kappa shape index (κ1) is 13.3. The Kier molecular flexibility index (Phi) is 3.88. The molecule has 0 spiro atoms. The summed E-state index contributed by atoms with van der Waals surface area (Å²) in [6.45, 7) is 4.64. The fourth-order valence-electron chi connectivity index (χ4n) is 3.13. The van der Waals surface area contributed by atoms with E-state index < -0.39 is 0 Å². The summed E-state index contributed by atoms with van der Waals surface area (Å²) >= 11 is 0. The third-order valence-electron chi connectivity index (χ3n) is 4.25. The number of rotatable bonds is 4. The van der Waals surface area contributed by atoms with Crippen molar-refractivity contribution in [3.63, 3.8) is 0 Å². The lowest BCUT2D eigenvalue weighted by Crippen LogP contribution is -2.37. The quantitative estimate of drug-likeness (QED) is 0.635. The van der Waals surface area contributed by atoms with Crippen molar-refractivity contribution in [1.29, 1.82) is 0 Å². The standard InChI is InChI=1S/C14H23N3O/c1-14(2)6-4-5-12(14)13(17-15)10-7-11(18-3)9-16-8-10/h7-9,12-13,17H,4-6,15H2,1-3H3. The third kappa shape index (κ3) is 2.49. The van der Waals surface area contributed by atoms with Gasteiger partial charge in [-0.2, -0.15) is 0 Å². The molecule has 0 saturated heterocycles. The lowest BCUT2D eigenvalue weighted by molar-refractivity contribution is 0.198. The van der Waals surface area contributed by atoms with E-state index in [1.54, 1.807) is 13.3 Å². The molecule has 1 heterocycles. The Hall–Kier alpha value is -1.13. The summed E-state index contributed by atoms with van der Waals surface area (Å²) in [6, 6.07) is 2.16. The Labute approximate surface area is 109 Å². The van der Waals surface area contributed by atoms with Gasteiger partial charge < -0.3 is 4.74 Å². The maximum absolute atomic E-state index is 5.78. The van der Waals surface area contributed by atoms with Gasteiger partial charge >= 0.3 is 0 Å². The average Bonchev–Trinajstić information content (AvgIpc) is 2.71. The Morgan fingerprint density at radius 2 is 2.28 bits per heavy atom. The largest absolute Gasteiger partial charge is 0.495 e. The molecule has 3 N–H and O–H groups in total. The fraction of sp³-hybridized carbons (Fsp3) is 0.643. The van der Waals surface area contributed by atoms with Crippen LogP contribution in [-0.2, 0) is 0 Å². The minimum Gasteiger partial charge on any atom is -0.495 e. The topological polar surface area (TPSA) is 60.2 Å². The number of aromatic nitrogens is 1. The number of hydrogen-bond acceptors (Lipinski definition) is 4. The highest BCUT2D eigenvalue weighted by Gasteiger charge is 2.39. The second-order valence-corrected chi connectivity index (χ2v) is 5.79. The number of ether oxygens (including phenoxy) is 1. The van der Waals surface area contributed by atoms with Crippen LogP contribution >= 0.6 is 0 Å². The van der Waals surface area contributed by atoms with Gasteiger partial charge in [-0.05, 0) is 35.8 Å². The van der Waals surface area contributed by atoms with E-state index >= 15 is 0 Å². The number of nitrogens with two attached hydrogens (primary N) is 1.